The fourth-order valence-corrected chi connectivity index (χ4v) is 4.16. The second-order valence-corrected chi connectivity index (χ2v) is 6.09. The minimum atomic E-state index is 0.337. The summed E-state index contributed by atoms with van der Waals surface area (Å²) in [4.78, 5) is 2.72. The predicted octanol–water partition coefficient (Wildman–Crippen LogP) is 1.76. The van der Waals surface area contributed by atoms with Gasteiger partial charge in [0.1, 0.15) is 0 Å². The van der Waals surface area contributed by atoms with E-state index in [1.807, 2.05) is 0 Å². The summed E-state index contributed by atoms with van der Waals surface area (Å²) in [5.74, 6) is 0.951. The first-order valence-corrected chi connectivity index (χ1v) is 7.45. The van der Waals surface area contributed by atoms with E-state index >= 15 is 0 Å². The van der Waals surface area contributed by atoms with Crippen molar-refractivity contribution in [1.29, 1.82) is 0 Å². The van der Waals surface area contributed by atoms with E-state index in [0.717, 1.165) is 31.6 Å². The minimum Gasteiger partial charge on any atom is -0.380 e. The van der Waals surface area contributed by atoms with Crippen molar-refractivity contribution in [3.05, 3.63) is 0 Å². The molecule has 3 heteroatoms. The molecule has 0 radical (unpaired) electrons. The highest BCUT2D eigenvalue weighted by Gasteiger charge is 2.39. The maximum Gasteiger partial charge on any atom is 0.0637 e. The third-order valence-electron chi connectivity index (χ3n) is 5.09. The Morgan fingerprint density at radius 3 is 2.65 bits per heavy atom. The molecule has 3 fully saturated rings. The van der Waals surface area contributed by atoms with Gasteiger partial charge in [-0.15, -0.1) is 0 Å². The molecule has 0 aromatic heterocycles. The average molecular weight is 238 g/mol. The molecule has 2 saturated heterocycles. The van der Waals surface area contributed by atoms with E-state index in [1.54, 1.807) is 0 Å². The fourth-order valence-electron chi connectivity index (χ4n) is 4.16. The van der Waals surface area contributed by atoms with Crippen LogP contribution in [-0.4, -0.2) is 42.8 Å². The van der Waals surface area contributed by atoms with E-state index < -0.39 is 0 Å². The molecule has 2 heterocycles. The van der Waals surface area contributed by atoms with E-state index in [0.29, 0.717) is 12.1 Å². The first kappa shape index (κ1) is 11.9. The lowest BCUT2D eigenvalue weighted by molar-refractivity contribution is -0.0466. The molecule has 0 bridgehead atoms. The van der Waals surface area contributed by atoms with Crippen LogP contribution >= 0.6 is 0 Å². The summed E-state index contributed by atoms with van der Waals surface area (Å²) in [5.41, 5.74) is 6.31. The van der Waals surface area contributed by atoms with Crippen LogP contribution in [0.25, 0.3) is 0 Å². The standard InChI is InChI=1S/C14H26N2O/c15-12-7-9-17-10-14(12)16-8-3-5-11-4-1-2-6-13(11)16/h11-14H,1-10,15H2/t11-,12?,13-,14?/m1/s1. The van der Waals surface area contributed by atoms with Crippen molar-refractivity contribution in [2.75, 3.05) is 19.8 Å². The lowest BCUT2D eigenvalue weighted by atomic mass is 9.77. The second-order valence-electron chi connectivity index (χ2n) is 6.09. The highest BCUT2D eigenvalue weighted by atomic mass is 16.5. The molecule has 1 aliphatic carbocycles. The van der Waals surface area contributed by atoms with E-state index in [9.17, 15) is 0 Å². The number of hydrogen-bond acceptors (Lipinski definition) is 3. The third-order valence-corrected chi connectivity index (χ3v) is 5.09. The Morgan fingerprint density at radius 2 is 1.76 bits per heavy atom. The fraction of sp³-hybridized carbons (Fsp3) is 1.00. The summed E-state index contributed by atoms with van der Waals surface area (Å²) in [6.07, 6.45) is 9.56. The van der Waals surface area contributed by atoms with Gasteiger partial charge >= 0.3 is 0 Å². The van der Waals surface area contributed by atoms with Gasteiger partial charge < -0.3 is 10.5 Å². The topological polar surface area (TPSA) is 38.5 Å². The van der Waals surface area contributed by atoms with Crippen molar-refractivity contribution in [1.82, 2.24) is 4.90 Å². The molecule has 98 valence electrons. The summed E-state index contributed by atoms with van der Waals surface area (Å²) in [7, 11) is 0. The van der Waals surface area contributed by atoms with Crippen molar-refractivity contribution in [2.24, 2.45) is 11.7 Å². The Labute approximate surface area is 105 Å². The smallest absolute Gasteiger partial charge is 0.0637 e. The van der Waals surface area contributed by atoms with Crippen molar-refractivity contribution < 1.29 is 4.74 Å². The third kappa shape index (κ3) is 2.38. The molecule has 3 rings (SSSR count). The number of nitrogens with two attached hydrogens (primary N) is 1. The molecule has 17 heavy (non-hydrogen) atoms. The molecular weight excluding hydrogens is 212 g/mol. The van der Waals surface area contributed by atoms with Crippen molar-refractivity contribution >= 4 is 0 Å². The van der Waals surface area contributed by atoms with Crippen LogP contribution in [0.1, 0.15) is 44.9 Å². The van der Waals surface area contributed by atoms with E-state index in [2.05, 4.69) is 4.90 Å². The van der Waals surface area contributed by atoms with Gasteiger partial charge in [0, 0.05) is 24.7 Å². The number of fused-ring (bicyclic) bond motifs is 1. The number of likely N-dealkylation sites (tertiary alicyclic amines) is 1. The average Bonchev–Trinajstić information content (AvgIpc) is 2.39. The molecule has 4 atom stereocenters. The molecule has 0 spiro atoms. The van der Waals surface area contributed by atoms with E-state index in [4.69, 9.17) is 10.5 Å². The Hall–Kier alpha value is -0.120. The summed E-state index contributed by atoms with van der Waals surface area (Å²) < 4.78 is 5.66. The van der Waals surface area contributed by atoms with E-state index in [1.165, 1.54) is 45.1 Å². The molecule has 0 aromatic rings. The van der Waals surface area contributed by atoms with Gasteiger partial charge in [-0.2, -0.15) is 0 Å². The molecule has 0 aromatic carbocycles. The van der Waals surface area contributed by atoms with Crippen LogP contribution in [0, 0.1) is 5.92 Å². The number of rotatable bonds is 1. The molecule has 2 aliphatic heterocycles. The molecular formula is C14H26N2O. The lowest BCUT2D eigenvalue weighted by Crippen LogP contribution is -2.60. The summed E-state index contributed by atoms with van der Waals surface area (Å²) in [6.45, 7) is 2.98. The highest BCUT2D eigenvalue weighted by molar-refractivity contribution is 4.94. The van der Waals surface area contributed by atoms with Gasteiger partial charge in [-0.25, -0.2) is 0 Å². The maximum atomic E-state index is 6.31. The van der Waals surface area contributed by atoms with Gasteiger partial charge in [-0.1, -0.05) is 12.8 Å². The first-order valence-electron chi connectivity index (χ1n) is 7.45. The second kappa shape index (κ2) is 5.25. The molecule has 2 N–H and O–H groups in total. The zero-order valence-electron chi connectivity index (χ0n) is 10.8. The molecule has 2 unspecified atom stereocenters. The summed E-state index contributed by atoms with van der Waals surface area (Å²) in [6, 6.07) is 1.65. The summed E-state index contributed by atoms with van der Waals surface area (Å²) >= 11 is 0. The van der Waals surface area contributed by atoms with Crippen molar-refractivity contribution in [3.63, 3.8) is 0 Å². The van der Waals surface area contributed by atoms with Crippen LogP contribution in [-0.2, 0) is 4.74 Å². The molecule has 0 amide bonds. The van der Waals surface area contributed by atoms with Crippen LogP contribution in [0.2, 0.25) is 0 Å². The number of piperidine rings is 1. The van der Waals surface area contributed by atoms with Crippen molar-refractivity contribution in [2.45, 2.75) is 63.1 Å². The number of hydrogen-bond donors (Lipinski definition) is 1. The first-order chi connectivity index (χ1) is 8.36. The molecule has 3 nitrogen and oxygen atoms in total. The Morgan fingerprint density at radius 1 is 0.941 bits per heavy atom. The normalized spacial score (nSPS) is 44.3. The number of nitrogens with zero attached hydrogens (tertiary/aromatic N) is 1. The van der Waals surface area contributed by atoms with Crippen LogP contribution in [0.4, 0.5) is 0 Å². The quantitative estimate of drug-likeness (QED) is 0.756. The number of ether oxygens (including phenoxy) is 1. The monoisotopic (exact) mass is 238 g/mol. The molecule has 1 saturated carbocycles. The minimum absolute atomic E-state index is 0.337. The van der Waals surface area contributed by atoms with Gasteiger partial charge in [0.25, 0.3) is 0 Å². The van der Waals surface area contributed by atoms with Crippen LogP contribution in [0.3, 0.4) is 0 Å². The van der Waals surface area contributed by atoms with Crippen LogP contribution in [0.15, 0.2) is 0 Å². The van der Waals surface area contributed by atoms with Crippen LogP contribution < -0.4 is 5.73 Å². The van der Waals surface area contributed by atoms with Gasteiger partial charge in [-0.3, -0.25) is 4.90 Å². The van der Waals surface area contributed by atoms with Gasteiger partial charge in [0.05, 0.1) is 6.61 Å². The largest absolute Gasteiger partial charge is 0.380 e. The maximum absolute atomic E-state index is 6.31. The zero-order chi connectivity index (χ0) is 11.7. The highest BCUT2D eigenvalue weighted by Crippen LogP contribution is 2.37. The zero-order valence-corrected chi connectivity index (χ0v) is 10.8. The Kier molecular flexibility index (Phi) is 3.69. The SMILES string of the molecule is NC1CCOCC1N1CCC[C@H]2CCCC[C@H]21. The Bertz CT molecular complexity index is 251. The van der Waals surface area contributed by atoms with E-state index in [-0.39, 0.29) is 0 Å². The van der Waals surface area contributed by atoms with Crippen molar-refractivity contribution in [3.8, 4) is 0 Å². The molecule has 3 aliphatic rings. The predicted molar refractivity (Wildman–Crippen MR) is 68.9 cm³/mol. The van der Waals surface area contributed by atoms with Gasteiger partial charge in [0.2, 0.25) is 0 Å². The lowest BCUT2D eigenvalue weighted by Gasteiger charge is -2.50. The van der Waals surface area contributed by atoms with Gasteiger partial charge in [0.15, 0.2) is 0 Å². The summed E-state index contributed by atoms with van der Waals surface area (Å²) in [5, 5.41) is 0. The Balaban J connectivity index is 1.71. The van der Waals surface area contributed by atoms with Gasteiger partial charge in [-0.05, 0) is 44.6 Å². The van der Waals surface area contributed by atoms with Crippen LogP contribution in [0.5, 0.6) is 0 Å².